The van der Waals surface area contributed by atoms with Gasteiger partial charge < -0.3 is 14.3 Å². The molecule has 1 saturated heterocycles. The smallest absolute Gasteiger partial charge is 0.157 e. The van der Waals surface area contributed by atoms with E-state index < -0.39 is 0 Å². The SMILES string of the molecule is O=CC12CCC(CCOC3CCCCO3)(CC1)C2. The van der Waals surface area contributed by atoms with E-state index in [1.807, 2.05) is 0 Å². The van der Waals surface area contributed by atoms with E-state index in [9.17, 15) is 4.79 Å². The van der Waals surface area contributed by atoms with Crippen molar-refractivity contribution >= 4 is 6.29 Å². The van der Waals surface area contributed by atoms with Crippen LogP contribution in [0.1, 0.15) is 57.8 Å². The molecule has 0 N–H and O–H groups in total. The number of aldehydes is 1. The Bertz CT molecular complexity index is 299. The third kappa shape index (κ3) is 2.35. The Morgan fingerprint density at radius 1 is 1.22 bits per heavy atom. The lowest BCUT2D eigenvalue weighted by atomic mass is 9.81. The van der Waals surface area contributed by atoms with Gasteiger partial charge in [-0.3, -0.25) is 0 Å². The number of carbonyl (C=O) groups excluding carboxylic acids is 1. The zero-order valence-corrected chi connectivity index (χ0v) is 11.2. The van der Waals surface area contributed by atoms with Crippen LogP contribution in [0.15, 0.2) is 0 Å². The molecule has 0 radical (unpaired) electrons. The van der Waals surface area contributed by atoms with Crippen LogP contribution in [0, 0.1) is 10.8 Å². The van der Waals surface area contributed by atoms with Crippen molar-refractivity contribution in [2.45, 2.75) is 64.1 Å². The van der Waals surface area contributed by atoms with E-state index in [4.69, 9.17) is 9.47 Å². The van der Waals surface area contributed by atoms with Gasteiger partial charge in [-0.25, -0.2) is 0 Å². The average Bonchev–Trinajstić information content (AvgIpc) is 2.97. The van der Waals surface area contributed by atoms with Crippen LogP contribution in [0.5, 0.6) is 0 Å². The lowest BCUT2D eigenvalue weighted by Crippen LogP contribution is -2.25. The number of fused-ring (bicyclic) bond motifs is 2. The van der Waals surface area contributed by atoms with Gasteiger partial charge in [-0.2, -0.15) is 0 Å². The minimum Gasteiger partial charge on any atom is -0.353 e. The van der Waals surface area contributed by atoms with E-state index in [0.29, 0.717) is 5.41 Å². The molecule has 0 aromatic rings. The maximum Gasteiger partial charge on any atom is 0.157 e. The first kappa shape index (κ1) is 12.6. The standard InChI is InChI=1S/C15H24O3/c16-12-15-6-4-14(11-15,5-7-15)8-10-18-13-3-1-2-9-17-13/h12-13H,1-11H2. The van der Waals surface area contributed by atoms with Gasteiger partial charge in [-0.05, 0) is 63.2 Å². The van der Waals surface area contributed by atoms with Crippen LogP contribution in [0.2, 0.25) is 0 Å². The van der Waals surface area contributed by atoms with Gasteiger partial charge in [-0.15, -0.1) is 0 Å². The number of rotatable bonds is 5. The fourth-order valence-electron chi connectivity index (χ4n) is 4.13. The molecule has 102 valence electrons. The monoisotopic (exact) mass is 252 g/mol. The van der Waals surface area contributed by atoms with Gasteiger partial charge in [0.2, 0.25) is 0 Å². The molecule has 0 amide bonds. The lowest BCUT2D eigenvalue weighted by Gasteiger charge is -2.28. The predicted molar refractivity (Wildman–Crippen MR) is 68.2 cm³/mol. The molecule has 1 aliphatic heterocycles. The molecule has 2 aliphatic carbocycles. The third-order valence-electron chi connectivity index (χ3n) is 5.36. The summed E-state index contributed by atoms with van der Waals surface area (Å²) in [6.07, 6.45) is 11.6. The van der Waals surface area contributed by atoms with Crippen LogP contribution in [-0.4, -0.2) is 25.8 Å². The van der Waals surface area contributed by atoms with Gasteiger partial charge in [0.1, 0.15) is 6.29 Å². The normalized spacial score (nSPS) is 43.2. The Labute approximate surface area is 109 Å². The van der Waals surface area contributed by atoms with Gasteiger partial charge in [0, 0.05) is 12.0 Å². The maximum atomic E-state index is 11.2. The summed E-state index contributed by atoms with van der Waals surface area (Å²) < 4.78 is 11.4. The van der Waals surface area contributed by atoms with E-state index in [-0.39, 0.29) is 11.7 Å². The molecule has 1 unspecified atom stereocenters. The first-order valence-corrected chi connectivity index (χ1v) is 7.46. The molecule has 1 heterocycles. The molecule has 1 atom stereocenters. The van der Waals surface area contributed by atoms with Crippen LogP contribution in [0.4, 0.5) is 0 Å². The minimum absolute atomic E-state index is 0.0359. The van der Waals surface area contributed by atoms with Crippen LogP contribution in [0.3, 0.4) is 0 Å². The fraction of sp³-hybridized carbons (Fsp3) is 0.933. The van der Waals surface area contributed by atoms with E-state index >= 15 is 0 Å². The second-order valence-corrected chi connectivity index (χ2v) is 6.57. The number of hydrogen-bond acceptors (Lipinski definition) is 3. The molecule has 0 aromatic heterocycles. The number of carbonyl (C=O) groups is 1. The predicted octanol–water partition coefficient (Wildman–Crippen LogP) is 3.07. The van der Waals surface area contributed by atoms with Crippen molar-refractivity contribution in [1.29, 1.82) is 0 Å². The molecule has 3 aliphatic rings. The second kappa shape index (κ2) is 4.93. The zero-order chi connectivity index (χ0) is 12.5. The molecule has 3 fully saturated rings. The van der Waals surface area contributed by atoms with E-state index in [1.54, 1.807) is 0 Å². The van der Waals surface area contributed by atoms with Crippen LogP contribution >= 0.6 is 0 Å². The molecule has 0 spiro atoms. The highest BCUT2D eigenvalue weighted by molar-refractivity contribution is 5.61. The van der Waals surface area contributed by atoms with Crippen molar-refractivity contribution in [3.05, 3.63) is 0 Å². The third-order valence-corrected chi connectivity index (χ3v) is 5.36. The Balaban J connectivity index is 1.45. The zero-order valence-electron chi connectivity index (χ0n) is 11.2. The summed E-state index contributed by atoms with van der Waals surface area (Å²) in [6, 6.07) is 0. The summed E-state index contributed by atoms with van der Waals surface area (Å²) in [7, 11) is 0. The summed E-state index contributed by atoms with van der Waals surface area (Å²) in [5.41, 5.74) is 0.455. The lowest BCUT2D eigenvalue weighted by molar-refractivity contribution is -0.166. The van der Waals surface area contributed by atoms with Crippen molar-refractivity contribution in [1.82, 2.24) is 0 Å². The van der Waals surface area contributed by atoms with Crippen molar-refractivity contribution in [2.75, 3.05) is 13.2 Å². The van der Waals surface area contributed by atoms with Crippen molar-refractivity contribution < 1.29 is 14.3 Å². The summed E-state index contributed by atoms with van der Waals surface area (Å²) in [5, 5.41) is 0. The van der Waals surface area contributed by atoms with Gasteiger partial charge in [0.15, 0.2) is 6.29 Å². The van der Waals surface area contributed by atoms with Crippen LogP contribution in [0.25, 0.3) is 0 Å². The fourth-order valence-corrected chi connectivity index (χ4v) is 4.13. The molecule has 18 heavy (non-hydrogen) atoms. The van der Waals surface area contributed by atoms with E-state index in [2.05, 4.69) is 0 Å². The molecular weight excluding hydrogens is 228 g/mol. The van der Waals surface area contributed by atoms with Crippen molar-refractivity contribution in [3.63, 3.8) is 0 Å². The molecule has 2 bridgehead atoms. The van der Waals surface area contributed by atoms with Gasteiger partial charge >= 0.3 is 0 Å². The van der Waals surface area contributed by atoms with E-state index in [0.717, 1.165) is 45.3 Å². The Kier molecular flexibility index (Phi) is 3.46. The highest BCUT2D eigenvalue weighted by atomic mass is 16.7. The first-order chi connectivity index (χ1) is 8.76. The number of hydrogen-bond donors (Lipinski definition) is 0. The highest BCUT2D eigenvalue weighted by Gasteiger charge is 2.53. The average molecular weight is 252 g/mol. The largest absolute Gasteiger partial charge is 0.353 e. The minimum atomic E-state index is 0.0359. The highest BCUT2D eigenvalue weighted by Crippen LogP contribution is 2.62. The Morgan fingerprint density at radius 2 is 2.06 bits per heavy atom. The van der Waals surface area contributed by atoms with Crippen LogP contribution in [-0.2, 0) is 14.3 Å². The second-order valence-electron chi connectivity index (χ2n) is 6.57. The molecular formula is C15H24O3. The summed E-state index contributed by atoms with van der Waals surface area (Å²) in [4.78, 5) is 11.2. The first-order valence-electron chi connectivity index (χ1n) is 7.46. The van der Waals surface area contributed by atoms with Gasteiger partial charge in [0.25, 0.3) is 0 Å². The number of ether oxygens (including phenoxy) is 2. The maximum absolute atomic E-state index is 11.2. The van der Waals surface area contributed by atoms with Crippen molar-refractivity contribution in [2.24, 2.45) is 10.8 Å². The Morgan fingerprint density at radius 3 is 2.67 bits per heavy atom. The summed E-state index contributed by atoms with van der Waals surface area (Å²) >= 11 is 0. The molecule has 0 aromatic carbocycles. The summed E-state index contributed by atoms with van der Waals surface area (Å²) in [6.45, 7) is 1.66. The van der Waals surface area contributed by atoms with E-state index in [1.165, 1.54) is 32.0 Å². The van der Waals surface area contributed by atoms with Crippen molar-refractivity contribution in [3.8, 4) is 0 Å². The molecule has 3 heteroatoms. The summed E-state index contributed by atoms with van der Waals surface area (Å²) in [5.74, 6) is 0. The topological polar surface area (TPSA) is 35.5 Å². The Hall–Kier alpha value is -0.410. The quantitative estimate of drug-likeness (QED) is 0.705. The molecule has 3 rings (SSSR count). The van der Waals surface area contributed by atoms with Crippen LogP contribution < -0.4 is 0 Å². The molecule has 3 nitrogen and oxygen atoms in total. The van der Waals surface area contributed by atoms with Gasteiger partial charge in [0.05, 0.1) is 6.61 Å². The molecule has 2 saturated carbocycles. The van der Waals surface area contributed by atoms with Gasteiger partial charge in [-0.1, -0.05) is 0 Å².